The number of nitrogens with one attached hydrogen (secondary N) is 1. The largest absolute Gasteiger partial charge is 0.491 e. The Morgan fingerprint density at radius 1 is 1.24 bits per heavy atom. The van der Waals surface area contributed by atoms with Crippen LogP contribution in [0.2, 0.25) is 0 Å². The third-order valence-corrected chi connectivity index (χ3v) is 2.79. The SMILES string of the molecule is COC(=O)c1cc2c(C(F)(F)F)cc(OC(C)C)cc2[nH]1. The van der Waals surface area contributed by atoms with Crippen molar-refractivity contribution >= 4 is 16.9 Å². The summed E-state index contributed by atoms with van der Waals surface area (Å²) in [4.78, 5) is 14.1. The van der Waals surface area contributed by atoms with Crippen molar-refractivity contribution in [2.24, 2.45) is 0 Å². The number of rotatable bonds is 3. The van der Waals surface area contributed by atoms with Gasteiger partial charge in [0, 0.05) is 11.5 Å². The third-order valence-electron chi connectivity index (χ3n) is 2.79. The Bertz CT molecular complexity index is 674. The van der Waals surface area contributed by atoms with Crippen LogP contribution in [0.4, 0.5) is 13.2 Å². The maximum atomic E-state index is 13.1. The van der Waals surface area contributed by atoms with E-state index in [1.807, 2.05) is 0 Å². The second-order valence-electron chi connectivity index (χ2n) is 4.77. The number of H-pyrrole nitrogens is 1. The van der Waals surface area contributed by atoms with Crippen molar-refractivity contribution in [1.29, 1.82) is 0 Å². The number of methoxy groups -OCH3 is 1. The summed E-state index contributed by atoms with van der Waals surface area (Å²) in [5, 5.41) is -0.0981. The van der Waals surface area contributed by atoms with E-state index in [1.165, 1.54) is 6.07 Å². The smallest absolute Gasteiger partial charge is 0.417 e. The van der Waals surface area contributed by atoms with Gasteiger partial charge in [0.25, 0.3) is 0 Å². The highest BCUT2D eigenvalue weighted by Crippen LogP contribution is 2.38. The second-order valence-corrected chi connectivity index (χ2v) is 4.77. The van der Waals surface area contributed by atoms with Crippen LogP contribution in [-0.4, -0.2) is 24.2 Å². The van der Waals surface area contributed by atoms with Crippen molar-refractivity contribution in [3.8, 4) is 5.75 Å². The van der Waals surface area contributed by atoms with Gasteiger partial charge >= 0.3 is 12.1 Å². The molecule has 7 heteroatoms. The minimum Gasteiger partial charge on any atom is -0.491 e. The van der Waals surface area contributed by atoms with Crippen LogP contribution in [0.1, 0.15) is 29.9 Å². The van der Waals surface area contributed by atoms with Crippen molar-refractivity contribution < 1.29 is 27.4 Å². The van der Waals surface area contributed by atoms with Crippen LogP contribution in [0.15, 0.2) is 18.2 Å². The Morgan fingerprint density at radius 2 is 1.90 bits per heavy atom. The van der Waals surface area contributed by atoms with E-state index in [0.29, 0.717) is 0 Å². The number of ether oxygens (including phenoxy) is 2. The summed E-state index contributed by atoms with van der Waals surface area (Å²) in [6.07, 6.45) is -4.82. The van der Waals surface area contributed by atoms with Crippen molar-refractivity contribution in [3.63, 3.8) is 0 Å². The molecule has 0 spiro atoms. The molecule has 2 aromatic rings. The average molecular weight is 301 g/mol. The lowest BCUT2D eigenvalue weighted by Gasteiger charge is -2.13. The first-order valence-corrected chi connectivity index (χ1v) is 6.21. The lowest BCUT2D eigenvalue weighted by Crippen LogP contribution is -2.09. The highest BCUT2D eigenvalue weighted by atomic mass is 19.4. The molecule has 0 atom stereocenters. The molecule has 114 valence electrons. The molecule has 0 unspecified atom stereocenters. The number of esters is 1. The van der Waals surface area contributed by atoms with Gasteiger partial charge in [-0.25, -0.2) is 4.79 Å². The number of carbonyl (C=O) groups excluding carboxylic acids is 1. The molecule has 0 radical (unpaired) electrons. The minimum atomic E-state index is -4.55. The zero-order valence-electron chi connectivity index (χ0n) is 11.7. The summed E-state index contributed by atoms with van der Waals surface area (Å²) < 4.78 is 49.2. The minimum absolute atomic E-state index is 0.0419. The van der Waals surface area contributed by atoms with E-state index in [4.69, 9.17) is 4.74 Å². The average Bonchev–Trinajstić information content (AvgIpc) is 2.78. The molecule has 1 aromatic carbocycles. The van der Waals surface area contributed by atoms with E-state index in [9.17, 15) is 18.0 Å². The van der Waals surface area contributed by atoms with Crippen molar-refractivity contribution in [3.05, 3.63) is 29.5 Å². The van der Waals surface area contributed by atoms with Crippen LogP contribution in [-0.2, 0) is 10.9 Å². The molecule has 0 bridgehead atoms. The predicted octanol–water partition coefficient (Wildman–Crippen LogP) is 3.76. The second kappa shape index (κ2) is 5.31. The normalized spacial score (nSPS) is 12.0. The van der Waals surface area contributed by atoms with Gasteiger partial charge in [0.1, 0.15) is 11.4 Å². The number of benzene rings is 1. The van der Waals surface area contributed by atoms with Gasteiger partial charge in [0.2, 0.25) is 0 Å². The summed E-state index contributed by atoms with van der Waals surface area (Å²) in [6.45, 7) is 3.43. The molecule has 0 fully saturated rings. The molecule has 0 aliphatic rings. The molecule has 1 heterocycles. The molecule has 0 saturated carbocycles. The van der Waals surface area contributed by atoms with E-state index < -0.39 is 17.7 Å². The summed E-state index contributed by atoms with van der Waals surface area (Å²) in [6, 6.07) is 3.48. The number of alkyl halides is 3. The zero-order chi connectivity index (χ0) is 15.8. The van der Waals surface area contributed by atoms with E-state index in [2.05, 4.69) is 9.72 Å². The molecule has 0 aliphatic heterocycles. The number of aromatic nitrogens is 1. The number of fused-ring (bicyclic) bond motifs is 1. The zero-order valence-corrected chi connectivity index (χ0v) is 11.7. The van der Waals surface area contributed by atoms with Gasteiger partial charge in [-0.05, 0) is 26.0 Å². The molecule has 1 N–H and O–H groups in total. The topological polar surface area (TPSA) is 51.3 Å². The van der Waals surface area contributed by atoms with Gasteiger partial charge in [0.05, 0.1) is 24.3 Å². The van der Waals surface area contributed by atoms with Gasteiger partial charge in [0.15, 0.2) is 0 Å². The van der Waals surface area contributed by atoms with Gasteiger partial charge in [-0.3, -0.25) is 0 Å². The van der Waals surface area contributed by atoms with E-state index >= 15 is 0 Å². The Morgan fingerprint density at radius 3 is 2.43 bits per heavy atom. The van der Waals surface area contributed by atoms with Crippen LogP contribution in [0.25, 0.3) is 10.9 Å². The van der Waals surface area contributed by atoms with E-state index in [1.54, 1.807) is 13.8 Å². The molecular weight excluding hydrogens is 287 g/mol. The van der Waals surface area contributed by atoms with Gasteiger partial charge in [-0.15, -0.1) is 0 Å². The molecule has 21 heavy (non-hydrogen) atoms. The molecular formula is C14H14F3NO3. The molecule has 0 aliphatic carbocycles. The number of hydrogen-bond acceptors (Lipinski definition) is 3. The third kappa shape index (κ3) is 3.12. The number of carbonyl (C=O) groups is 1. The quantitative estimate of drug-likeness (QED) is 0.878. The Labute approximate surface area is 118 Å². The van der Waals surface area contributed by atoms with Gasteiger partial charge < -0.3 is 14.5 Å². The first-order valence-electron chi connectivity index (χ1n) is 6.21. The fourth-order valence-corrected chi connectivity index (χ4v) is 2.01. The maximum Gasteiger partial charge on any atom is 0.417 e. The fourth-order valence-electron chi connectivity index (χ4n) is 2.01. The Balaban J connectivity index is 2.65. The lowest BCUT2D eigenvalue weighted by molar-refractivity contribution is -0.136. The first kappa shape index (κ1) is 15.2. The van der Waals surface area contributed by atoms with Crippen LogP contribution in [0.3, 0.4) is 0 Å². The van der Waals surface area contributed by atoms with Crippen LogP contribution < -0.4 is 4.74 Å². The van der Waals surface area contributed by atoms with E-state index in [0.717, 1.165) is 19.2 Å². The van der Waals surface area contributed by atoms with Crippen LogP contribution in [0, 0.1) is 0 Å². The monoisotopic (exact) mass is 301 g/mol. The van der Waals surface area contributed by atoms with Crippen LogP contribution in [0.5, 0.6) is 5.75 Å². The maximum absolute atomic E-state index is 13.1. The Kier molecular flexibility index (Phi) is 3.85. The van der Waals surface area contributed by atoms with E-state index in [-0.39, 0.29) is 28.5 Å². The number of aromatic amines is 1. The molecule has 0 amide bonds. The Hall–Kier alpha value is -2.18. The lowest BCUT2D eigenvalue weighted by atomic mass is 10.1. The summed E-state index contributed by atoms with van der Waals surface area (Å²) >= 11 is 0. The molecule has 2 rings (SSSR count). The van der Waals surface area contributed by atoms with Crippen molar-refractivity contribution in [1.82, 2.24) is 4.98 Å². The predicted molar refractivity (Wildman–Crippen MR) is 70.4 cm³/mol. The van der Waals surface area contributed by atoms with Gasteiger partial charge in [-0.1, -0.05) is 0 Å². The number of hydrogen-bond donors (Lipinski definition) is 1. The van der Waals surface area contributed by atoms with Crippen molar-refractivity contribution in [2.45, 2.75) is 26.1 Å². The summed E-state index contributed by atoms with van der Waals surface area (Å²) in [7, 11) is 1.16. The highest BCUT2D eigenvalue weighted by molar-refractivity contribution is 5.96. The standard InChI is InChI=1S/C14H14F3NO3/c1-7(2)21-8-4-10(14(15,16)17)9-6-12(13(19)20-3)18-11(9)5-8/h4-7,18H,1-3H3. The molecule has 1 aromatic heterocycles. The molecule has 0 saturated heterocycles. The van der Waals surface area contributed by atoms with Gasteiger partial charge in [-0.2, -0.15) is 13.2 Å². The first-order chi connectivity index (χ1) is 9.72. The van der Waals surface area contributed by atoms with Crippen molar-refractivity contribution in [2.75, 3.05) is 7.11 Å². The fraction of sp³-hybridized carbons (Fsp3) is 0.357. The van der Waals surface area contributed by atoms with Crippen LogP contribution >= 0.6 is 0 Å². The number of halogens is 3. The highest BCUT2D eigenvalue weighted by Gasteiger charge is 2.34. The summed E-state index contributed by atoms with van der Waals surface area (Å²) in [5.74, 6) is -0.645. The molecule has 4 nitrogen and oxygen atoms in total. The summed E-state index contributed by atoms with van der Waals surface area (Å²) in [5.41, 5.74) is -0.734.